The minimum Gasteiger partial charge on any atom is -0.306 e. The standard InChI is InChI=1S/C7H15Cl2N2O2P/c8-2-5-11(6-3-9)14(12)10-4-1-7-13-14/h1-7H2,(H,10,12)/i1D2,4D2,5D,6D2,7D2/hD. The largest absolute Gasteiger partial charge is 0.343 e. The van der Waals surface area contributed by atoms with E-state index < -0.39 is 57.0 Å². The smallest absolute Gasteiger partial charge is 0.306 e. The molecule has 84 valence electrons. The summed E-state index contributed by atoms with van der Waals surface area (Å²) in [4.78, 5) is 0. The zero-order valence-corrected chi connectivity index (χ0v) is 9.31. The van der Waals surface area contributed by atoms with E-state index in [-0.39, 0.29) is 4.67 Å². The molecule has 0 radical (unpaired) electrons. The summed E-state index contributed by atoms with van der Waals surface area (Å²) in [7, 11) is -5.24. The van der Waals surface area contributed by atoms with Gasteiger partial charge in [-0.25, -0.2) is 9.75 Å². The Morgan fingerprint density at radius 2 is 2.50 bits per heavy atom. The van der Waals surface area contributed by atoms with Gasteiger partial charge < -0.3 is 4.52 Å². The second-order valence-electron chi connectivity index (χ2n) is 1.99. The van der Waals surface area contributed by atoms with Gasteiger partial charge in [0.15, 0.2) is 0 Å². The maximum absolute atomic E-state index is 13.1. The minimum absolute atomic E-state index is 0.0674. The maximum Gasteiger partial charge on any atom is 0.343 e. The van der Waals surface area contributed by atoms with E-state index in [1.54, 1.807) is 0 Å². The Morgan fingerprint density at radius 1 is 1.71 bits per heavy atom. The SMILES string of the molecule is [2H]C(CCl)N(C([2H])([2H])CCl)P1(=O)OC([2H])([2H])C([2H])([2H])C([2H])([2H])N1[2H]. The Hall–Kier alpha value is 0.690. The number of rotatable bonds is 5. The van der Waals surface area contributed by atoms with Gasteiger partial charge in [-0.05, 0) is 6.37 Å². The molecule has 1 aliphatic rings. The average molecular weight is 271 g/mol. The second-order valence-corrected chi connectivity index (χ2v) is 4.36. The molecule has 1 N–H and O–H groups in total. The van der Waals surface area contributed by atoms with Crippen molar-refractivity contribution in [3.05, 3.63) is 0 Å². The first-order valence-electron chi connectivity index (χ1n) is 8.50. The topological polar surface area (TPSA) is 41.6 Å². The van der Waals surface area contributed by atoms with E-state index >= 15 is 0 Å². The highest BCUT2D eigenvalue weighted by Gasteiger charge is 2.32. The fraction of sp³-hybridized carbons (Fsp3) is 1.00. The molecule has 0 amide bonds. The maximum atomic E-state index is 13.1. The molecule has 0 aromatic heterocycles. The predicted octanol–water partition coefficient (Wildman–Crippen LogP) is 1.88. The summed E-state index contributed by atoms with van der Waals surface area (Å²) in [5, 5.41) is -0.486. The van der Waals surface area contributed by atoms with Crippen molar-refractivity contribution < 1.29 is 22.8 Å². The van der Waals surface area contributed by atoms with Crippen LogP contribution >= 0.6 is 30.9 Å². The summed E-state index contributed by atoms with van der Waals surface area (Å²) in [6.07, 6.45) is -3.42. The summed E-state index contributed by atoms with van der Waals surface area (Å²) >= 11 is 10.9. The Labute approximate surface area is 109 Å². The predicted molar refractivity (Wildman–Crippen MR) is 59.2 cm³/mol. The molecular weight excluding hydrogens is 246 g/mol. The molecule has 1 saturated heterocycles. The Bertz CT molecular complexity index is 537. The molecular formula is C7H15Cl2N2O2P. The highest BCUT2D eigenvalue weighted by Crippen LogP contribution is 2.47. The lowest BCUT2D eigenvalue weighted by Crippen LogP contribution is -2.35. The van der Waals surface area contributed by atoms with E-state index in [0.717, 1.165) is 0 Å². The molecule has 0 aliphatic carbocycles. The van der Waals surface area contributed by atoms with Crippen molar-refractivity contribution in [3.8, 4) is 0 Å². The van der Waals surface area contributed by atoms with Gasteiger partial charge in [0.25, 0.3) is 0 Å². The van der Waals surface area contributed by atoms with E-state index in [4.69, 9.17) is 37.0 Å². The Morgan fingerprint density at radius 3 is 3.14 bits per heavy atom. The monoisotopic (exact) mass is 270 g/mol. The summed E-state index contributed by atoms with van der Waals surface area (Å²) in [6, 6.07) is 0. The van der Waals surface area contributed by atoms with E-state index in [0.29, 0.717) is 0 Å². The third kappa shape index (κ3) is 3.37. The van der Waals surface area contributed by atoms with Gasteiger partial charge in [-0.1, -0.05) is 0 Å². The molecule has 1 fully saturated rings. The molecule has 1 aliphatic heterocycles. The summed E-state index contributed by atoms with van der Waals surface area (Å²) < 4.78 is 94.2. The van der Waals surface area contributed by atoms with Crippen LogP contribution in [0.1, 0.15) is 18.7 Å². The van der Waals surface area contributed by atoms with Gasteiger partial charge in [0.05, 0.1) is 9.30 Å². The molecule has 0 spiro atoms. The number of nitrogens with zero attached hydrogens (tertiary/aromatic N) is 1. The van der Waals surface area contributed by atoms with Crippen molar-refractivity contribution in [1.82, 2.24) is 9.75 Å². The number of alkyl halides is 2. The molecule has 0 saturated carbocycles. The zero-order chi connectivity index (χ0) is 19.4. The van der Waals surface area contributed by atoms with Crippen LogP contribution < -0.4 is 5.08 Å². The molecule has 0 aromatic rings. The first-order chi connectivity index (χ1) is 10.5. The quantitative estimate of drug-likeness (QED) is 0.612. The van der Waals surface area contributed by atoms with E-state index in [1.165, 1.54) is 0 Å². The number of halogens is 2. The van der Waals surface area contributed by atoms with Crippen LogP contribution in [0.25, 0.3) is 0 Å². The summed E-state index contributed by atoms with van der Waals surface area (Å²) in [5.41, 5.74) is 0. The summed E-state index contributed by atoms with van der Waals surface area (Å²) in [5.74, 6) is -1.52. The fourth-order valence-corrected chi connectivity index (χ4v) is 2.24. The highest BCUT2D eigenvalue weighted by molar-refractivity contribution is 7.54. The van der Waals surface area contributed by atoms with Gasteiger partial charge >= 0.3 is 7.67 Å². The minimum atomic E-state index is -5.24. The summed E-state index contributed by atoms with van der Waals surface area (Å²) in [6.45, 7) is -11.6. The van der Waals surface area contributed by atoms with Gasteiger partial charge in [0.1, 0.15) is 1.41 Å². The van der Waals surface area contributed by atoms with Crippen LogP contribution in [0, 0.1) is 0 Å². The zero-order valence-electron chi connectivity index (χ0n) is 16.9. The van der Waals surface area contributed by atoms with Crippen LogP contribution in [0.5, 0.6) is 0 Å². The van der Waals surface area contributed by atoms with E-state index in [1.807, 2.05) is 0 Å². The molecule has 7 heteroatoms. The molecule has 14 heavy (non-hydrogen) atoms. The Balaban J connectivity index is 3.61. The molecule has 4 nitrogen and oxygen atoms in total. The normalized spacial score (nSPS) is 54.2. The average Bonchev–Trinajstić information content (AvgIpc) is 2.43. The molecule has 0 aromatic carbocycles. The molecule has 1 rings (SSSR count). The molecule has 1 heterocycles. The highest BCUT2D eigenvalue weighted by atomic mass is 35.5. The van der Waals surface area contributed by atoms with Crippen molar-refractivity contribution in [2.75, 3.05) is 37.8 Å². The fourth-order valence-electron chi connectivity index (χ4n) is 0.690. The van der Waals surface area contributed by atoms with E-state index in [2.05, 4.69) is 4.52 Å². The van der Waals surface area contributed by atoms with Crippen molar-refractivity contribution in [1.29, 1.82) is 0 Å². The van der Waals surface area contributed by atoms with Crippen LogP contribution in [-0.4, -0.2) is 42.5 Å². The number of hydrogen-bond acceptors (Lipinski definition) is 2. The van der Waals surface area contributed by atoms with Crippen molar-refractivity contribution >= 4 is 30.9 Å². The number of hydrogen-bond donors (Lipinski definition) is 1. The third-order valence-electron chi connectivity index (χ3n) is 1.18. The first-order valence-corrected chi connectivity index (χ1v) is 6.07. The lowest BCUT2D eigenvalue weighted by molar-refractivity contribution is 0.233. The van der Waals surface area contributed by atoms with Gasteiger partial charge in [-0.3, -0.25) is 4.57 Å². The van der Waals surface area contributed by atoms with Crippen LogP contribution in [0.4, 0.5) is 0 Å². The van der Waals surface area contributed by atoms with Crippen molar-refractivity contribution in [2.45, 2.75) is 6.37 Å². The lowest BCUT2D eigenvalue weighted by atomic mass is 10.5. The Kier molecular flexibility index (Phi) is 2.04. The van der Waals surface area contributed by atoms with Crippen molar-refractivity contribution in [2.24, 2.45) is 0 Å². The van der Waals surface area contributed by atoms with Gasteiger partial charge in [0.2, 0.25) is 0 Å². The molecule has 2 unspecified atom stereocenters. The second kappa shape index (κ2) is 6.31. The molecule has 2 atom stereocenters. The van der Waals surface area contributed by atoms with E-state index in [9.17, 15) is 4.57 Å². The van der Waals surface area contributed by atoms with Gasteiger partial charge in [-0.2, -0.15) is 0 Å². The van der Waals surface area contributed by atoms with Crippen LogP contribution in [0.2, 0.25) is 1.41 Å². The van der Waals surface area contributed by atoms with Gasteiger partial charge in [0, 0.05) is 40.9 Å². The van der Waals surface area contributed by atoms with Crippen LogP contribution in [0.15, 0.2) is 0 Å². The van der Waals surface area contributed by atoms with Gasteiger partial charge in [-0.15, -0.1) is 23.2 Å². The lowest BCUT2D eigenvalue weighted by Gasteiger charge is -2.33. The third-order valence-corrected chi connectivity index (χ3v) is 2.97. The number of nitrogens with one attached hydrogen (secondary N) is 1. The first kappa shape index (κ1) is 4.52. The molecule has 0 bridgehead atoms. The van der Waals surface area contributed by atoms with Crippen LogP contribution in [0.3, 0.4) is 0 Å². The van der Waals surface area contributed by atoms with Crippen molar-refractivity contribution in [3.63, 3.8) is 0 Å². The van der Waals surface area contributed by atoms with Crippen LogP contribution in [-0.2, 0) is 9.09 Å².